The third-order valence-corrected chi connectivity index (χ3v) is 4.45. The Morgan fingerprint density at radius 1 is 1.38 bits per heavy atom. The second-order valence-corrected chi connectivity index (χ2v) is 6.39. The Hall–Kier alpha value is -1.57. The molecule has 1 fully saturated rings. The maximum atomic E-state index is 12.5. The molecule has 24 heavy (non-hydrogen) atoms. The molecule has 0 aromatic carbocycles. The third kappa shape index (κ3) is 4.28. The zero-order chi connectivity index (χ0) is 17.9. The number of esters is 1. The fraction of sp³-hybridized carbons (Fsp3) is 0.750. The molecule has 0 bridgehead atoms. The average molecular weight is 348 g/mol. The monoisotopic (exact) mass is 348 g/mol. The molecule has 2 atom stereocenters. The number of carbonyl (C=O) groups is 1. The van der Waals surface area contributed by atoms with Gasteiger partial charge in [0.1, 0.15) is 0 Å². The summed E-state index contributed by atoms with van der Waals surface area (Å²) >= 11 is 0. The predicted molar refractivity (Wildman–Crippen MR) is 80.9 cm³/mol. The molecule has 1 aromatic rings. The molecule has 0 N–H and O–H groups in total. The summed E-state index contributed by atoms with van der Waals surface area (Å²) in [4.78, 5) is 11.1. The molecule has 5 nitrogen and oxygen atoms in total. The van der Waals surface area contributed by atoms with Crippen LogP contribution < -0.4 is 4.74 Å². The summed E-state index contributed by atoms with van der Waals surface area (Å²) in [6.07, 6.45) is -0.916. The molecule has 8 heteroatoms. The summed E-state index contributed by atoms with van der Waals surface area (Å²) in [5.41, 5.74) is 1.35. The zero-order valence-corrected chi connectivity index (χ0v) is 14.2. The normalized spacial score (nSPS) is 21.8. The molecule has 0 spiro atoms. The van der Waals surface area contributed by atoms with E-state index in [1.54, 1.807) is 18.7 Å². The zero-order valence-electron chi connectivity index (χ0n) is 14.2. The van der Waals surface area contributed by atoms with E-state index in [1.165, 1.54) is 0 Å². The number of methoxy groups -OCH3 is 1. The number of alkyl halides is 3. The first-order chi connectivity index (χ1) is 11.2. The van der Waals surface area contributed by atoms with Gasteiger partial charge in [-0.2, -0.15) is 13.2 Å². The van der Waals surface area contributed by atoms with E-state index in [-0.39, 0.29) is 11.8 Å². The smallest absolute Gasteiger partial charge is 0.399 e. The van der Waals surface area contributed by atoms with Gasteiger partial charge in [0.15, 0.2) is 0 Å². The van der Waals surface area contributed by atoms with Gasteiger partial charge in [0.05, 0.1) is 13.2 Å². The SMILES string of the molecule is COCCn1nc(OC(=O)C(F)(F)F)c(C)c1[C@H]1CCC[C@H](C)C1. The van der Waals surface area contributed by atoms with Crippen molar-refractivity contribution in [3.63, 3.8) is 0 Å². The average Bonchev–Trinajstić information content (AvgIpc) is 2.80. The van der Waals surface area contributed by atoms with E-state index in [0.29, 0.717) is 24.6 Å². The quantitative estimate of drug-likeness (QED) is 0.763. The van der Waals surface area contributed by atoms with E-state index in [4.69, 9.17) is 4.74 Å². The number of hydrogen-bond donors (Lipinski definition) is 0. The van der Waals surface area contributed by atoms with Crippen LogP contribution in [0.3, 0.4) is 0 Å². The minimum Gasteiger partial charge on any atom is -0.399 e. The van der Waals surface area contributed by atoms with Gasteiger partial charge in [-0.1, -0.05) is 19.8 Å². The summed E-state index contributed by atoms with van der Waals surface area (Å²) in [6.45, 7) is 4.61. The predicted octanol–water partition coefficient (Wildman–Crippen LogP) is 3.60. The molecule has 1 aromatic heterocycles. The molecule has 0 amide bonds. The molecule has 1 heterocycles. The Kier molecular flexibility index (Phi) is 5.90. The van der Waals surface area contributed by atoms with Crippen molar-refractivity contribution >= 4 is 5.97 Å². The number of halogens is 3. The van der Waals surface area contributed by atoms with Crippen LogP contribution in [0.15, 0.2) is 0 Å². The van der Waals surface area contributed by atoms with Crippen LogP contribution in [0, 0.1) is 12.8 Å². The van der Waals surface area contributed by atoms with Gasteiger partial charge < -0.3 is 9.47 Å². The Morgan fingerprint density at radius 3 is 2.67 bits per heavy atom. The highest BCUT2D eigenvalue weighted by molar-refractivity contribution is 5.78. The van der Waals surface area contributed by atoms with E-state index >= 15 is 0 Å². The number of nitrogens with zero attached hydrogens (tertiary/aromatic N) is 2. The summed E-state index contributed by atoms with van der Waals surface area (Å²) in [5.74, 6) is -1.75. The first kappa shape index (κ1) is 18.8. The van der Waals surface area contributed by atoms with Crippen LogP contribution in [0.1, 0.15) is 49.8 Å². The lowest BCUT2D eigenvalue weighted by atomic mass is 9.80. The Labute approximate surface area is 139 Å². The van der Waals surface area contributed by atoms with Crippen LogP contribution >= 0.6 is 0 Å². The highest BCUT2D eigenvalue weighted by Gasteiger charge is 2.42. The first-order valence-electron chi connectivity index (χ1n) is 8.09. The van der Waals surface area contributed by atoms with Crippen LogP contribution in [0.25, 0.3) is 0 Å². The van der Waals surface area contributed by atoms with E-state index in [9.17, 15) is 18.0 Å². The van der Waals surface area contributed by atoms with E-state index in [0.717, 1.165) is 31.4 Å². The maximum Gasteiger partial charge on any atom is 0.491 e. The minimum absolute atomic E-state index is 0.205. The molecule has 2 rings (SSSR count). The molecule has 0 radical (unpaired) electrons. The van der Waals surface area contributed by atoms with Gasteiger partial charge in [0.2, 0.25) is 5.88 Å². The van der Waals surface area contributed by atoms with Crippen LogP contribution in [0.4, 0.5) is 13.2 Å². The minimum atomic E-state index is -5.04. The Balaban J connectivity index is 2.31. The lowest BCUT2D eigenvalue weighted by Crippen LogP contribution is -2.28. The molecule has 0 aliphatic heterocycles. The molecular formula is C16H23F3N2O3. The number of rotatable bonds is 5. The fourth-order valence-electron chi connectivity index (χ4n) is 3.33. The van der Waals surface area contributed by atoms with Crippen molar-refractivity contribution in [2.75, 3.05) is 13.7 Å². The van der Waals surface area contributed by atoms with Gasteiger partial charge in [-0.3, -0.25) is 4.68 Å². The topological polar surface area (TPSA) is 53.4 Å². The summed E-state index contributed by atoms with van der Waals surface area (Å²) in [7, 11) is 1.54. The van der Waals surface area contributed by atoms with Crippen molar-refractivity contribution in [3.05, 3.63) is 11.3 Å². The molecule has 1 aliphatic carbocycles. The highest BCUT2D eigenvalue weighted by atomic mass is 19.4. The third-order valence-electron chi connectivity index (χ3n) is 4.45. The molecule has 1 aliphatic rings. The van der Waals surface area contributed by atoms with Gasteiger partial charge in [0.25, 0.3) is 0 Å². The van der Waals surface area contributed by atoms with E-state index in [2.05, 4.69) is 16.8 Å². The van der Waals surface area contributed by atoms with E-state index in [1.807, 2.05) is 0 Å². The largest absolute Gasteiger partial charge is 0.491 e. The van der Waals surface area contributed by atoms with Crippen molar-refractivity contribution in [1.82, 2.24) is 9.78 Å². The van der Waals surface area contributed by atoms with Crippen molar-refractivity contribution in [3.8, 4) is 5.88 Å². The Morgan fingerprint density at radius 2 is 2.08 bits per heavy atom. The van der Waals surface area contributed by atoms with Crippen LogP contribution in [0.5, 0.6) is 5.88 Å². The van der Waals surface area contributed by atoms with Gasteiger partial charge in [-0.25, -0.2) is 4.79 Å². The van der Waals surface area contributed by atoms with Gasteiger partial charge >= 0.3 is 12.1 Å². The maximum absolute atomic E-state index is 12.5. The molecule has 136 valence electrons. The fourth-order valence-corrected chi connectivity index (χ4v) is 3.33. The standard InChI is InChI=1S/C16H23F3N2O3/c1-10-5-4-6-12(9-10)13-11(2)14(20-21(13)7-8-23-3)24-15(22)16(17,18)19/h10,12H,4-9H2,1-3H3/t10-,12-/m0/s1. The molecule has 1 saturated carbocycles. The van der Waals surface area contributed by atoms with E-state index < -0.39 is 12.1 Å². The summed E-state index contributed by atoms with van der Waals surface area (Å²) < 4.78 is 48.5. The number of hydrogen-bond acceptors (Lipinski definition) is 4. The highest BCUT2D eigenvalue weighted by Crippen LogP contribution is 2.39. The summed E-state index contributed by atoms with van der Waals surface area (Å²) in [6, 6.07) is 0. The second kappa shape index (κ2) is 7.55. The Bertz CT molecular complexity index is 584. The lowest BCUT2D eigenvalue weighted by molar-refractivity contribution is -0.190. The second-order valence-electron chi connectivity index (χ2n) is 6.39. The molecule has 0 saturated heterocycles. The molecule has 0 unspecified atom stereocenters. The summed E-state index contributed by atoms with van der Waals surface area (Å²) in [5, 5.41) is 4.09. The van der Waals surface area contributed by atoms with Gasteiger partial charge in [-0.15, -0.1) is 5.10 Å². The van der Waals surface area contributed by atoms with Gasteiger partial charge in [-0.05, 0) is 25.7 Å². The van der Waals surface area contributed by atoms with Crippen LogP contribution in [0.2, 0.25) is 0 Å². The van der Waals surface area contributed by atoms with Gasteiger partial charge in [0, 0.05) is 24.3 Å². The van der Waals surface area contributed by atoms with Crippen LogP contribution in [-0.4, -0.2) is 35.6 Å². The van der Waals surface area contributed by atoms with Crippen molar-refractivity contribution in [1.29, 1.82) is 0 Å². The first-order valence-corrected chi connectivity index (χ1v) is 8.09. The molecular weight excluding hydrogens is 325 g/mol. The number of carbonyl (C=O) groups excluding carboxylic acids is 1. The van der Waals surface area contributed by atoms with Crippen molar-refractivity contribution in [2.45, 2.75) is 58.2 Å². The van der Waals surface area contributed by atoms with Crippen molar-refractivity contribution < 1.29 is 27.4 Å². The van der Waals surface area contributed by atoms with Crippen molar-refractivity contribution in [2.24, 2.45) is 5.92 Å². The van der Waals surface area contributed by atoms with Crippen LogP contribution in [-0.2, 0) is 16.1 Å². The lowest BCUT2D eigenvalue weighted by Gasteiger charge is -2.27. The number of aromatic nitrogens is 2. The number of ether oxygens (including phenoxy) is 2.